The van der Waals surface area contributed by atoms with E-state index >= 15 is 0 Å². The van der Waals surface area contributed by atoms with Crippen LogP contribution < -0.4 is 4.90 Å². The maximum atomic E-state index is 5.07. The molecule has 1 aromatic heterocycles. The van der Waals surface area contributed by atoms with Gasteiger partial charge in [-0.2, -0.15) is 0 Å². The number of rotatable bonds is 6. The number of piperazine rings is 1. The van der Waals surface area contributed by atoms with Crippen molar-refractivity contribution < 1.29 is 4.84 Å². The minimum absolute atomic E-state index is 0.890. The molecule has 3 rings (SSSR count). The molecule has 0 saturated carbocycles. The van der Waals surface area contributed by atoms with Crippen molar-refractivity contribution in [2.45, 2.75) is 13.3 Å². The molecule has 1 aliphatic heterocycles. The molecular weight excluding hydrogens is 312 g/mol. The molecule has 132 valence electrons. The van der Waals surface area contributed by atoms with Crippen molar-refractivity contribution in [2.24, 2.45) is 5.16 Å². The summed E-state index contributed by atoms with van der Waals surface area (Å²) in [6.07, 6.45) is 2.75. The molecule has 1 fully saturated rings. The Labute approximate surface area is 149 Å². The van der Waals surface area contributed by atoms with Gasteiger partial charge in [0.15, 0.2) is 0 Å². The first-order valence-electron chi connectivity index (χ1n) is 8.81. The van der Waals surface area contributed by atoms with Gasteiger partial charge in [0.1, 0.15) is 12.9 Å². The first-order valence-corrected chi connectivity index (χ1v) is 8.81. The number of oxime groups is 1. The number of anilines is 1. The highest BCUT2D eigenvalue weighted by molar-refractivity contribution is 6.00. The Morgan fingerprint density at radius 2 is 1.96 bits per heavy atom. The molecule has 2 aromatic rings. The van der Waals surface area contributed by atoms with Crippen molar-refractivity contribution in [2.75, 3.05) is 44.7 Å². The molecule has 0 bridgehead atoms. The minimum atomic E-state index is 0.890. The van der Waals surface area contributed by atoms with E-state index in [0.29, 0.717) is 0 Å². The fourth-order valence-electron chi connectivity index (χ4n) is 3.18. The topological polar surface area (TPSA) is 41.0 Å². The van der Waals surface area contributed by atoms with Crippen LogP contribution in [0.5, 0.6) is 0 Å². The van der Waals surface area contributed by atoms with E-state index in [9.17, 15) is 0 Å². The van der Waals surface area contributed by atoms with Crippen LogP contribution in [0.15, 0.2) is 53.8 Å². The van der Waals surface area contributed by atoms with Crippen LogP contribution in [0.4, 0.5) is 5.82 Å². The first-order chi connectivity index (χ1) is 12.3. The van der Waals surface area contributed by atoms with Crippen molar-refractivity contribution in [3.8, 4) is 0 Å². The number of benzene rings is 1. The Hall–Kier alpha value is -2.40. The van der Waals surface area contributed by atoms with Crippen LogP contribution >= 0.6 is 0 Å². The zero-order valence-electron chi connectivity index (χ0n) is 15.1. The van der Waals surface area contributed by atoms with Crippen LogP contribution in [0.25, 0.3) is 0 Å². The van der Waals surface area contributed by atoms with Crippen molar-refractivity contribution in [1.82, 2.24) is 9.88 Å². The smallest absolute Gasteiger partial charge is 0.128 e. The molecule has 0 unspecified atom stereocenters. The molecule has 2 heterocycles. The zero-order valence-corrected chi connectivity index (χ0v) is 15.1. The highest BCUT2D eigenvalue weighted by atomic mass is 16.6. The largest absolute Gasteiger partial charge is 0.399 e. The Kier molecular flexibility index (Phi) is 6.01. The number of hydrogen-bond donors (Lipinski definition) is 0. The number of aryl methyl sites for hydroxylation is 1. The summed E-state index contributed by atoms with van der Waals surface area (Å²) in [5, 5.41) is 4.25. The maximum Gasteiger partial charge on any atom is 0.128 e. The fraction of sp³-hybridized carbons (Fsp3) is 0.400. The molecule has 0 N–H and O–H groups in total. The summed E-state index contributed by atoms with van der Waals surface area (Å²) in [7, 11) is 1.61. The van der Waals surface area contributed by atoms with Crippen LogP contribution in [0, 0.1) is 6.92 Å². The molecule has 5 heteroatoms. The highest BCUT2D eigenvalue weighted by Crippen LogP contribution is 2.14. The summed E-state index contributed by atoms with van der Waals surface area (Å²) < 4.78 is 0. The molecule has 0 atom stereocenters. The van der Waals surface area contributed by atoms with Crippen LogP contribution in [0.2, 0.25) is 0 Å². The summed E-state index contributed by atoms with van der Waals surface area (Å²) in [6, 6.07) is 14.5. The lowest BCUT2D eigenvalue weighted by Gasteiger charge is -2.35. The molecule has 0 aliphatic carbocycles. The zero-order chi connectivity index (χ0) is 17.5. The number of pyridine rings is 1. The van der Waals surface area contributed by atoms with Crippen molar-refractivity contribution in [3.05, 3.63) is 59.8 Å². The lowest BCUT2D eigenvalue weighted by Crippen LogP contribution is -2.47. The second kappa shape index (κ2) is 8.62. The van der Waals surface area contributed by atoms with E-state index in [-0.39, 0.29) is 0 Å². The van der Waals surface area contributed by atoms with Gasteiger partial charge in [-0.05, 0) is 24.6 Å². The molecule has 1 aliphatic rings. The van der Waals surface area contributed by atoms with Crippen LogP contribution in [0.1, 0.15) is 17.5 Å². The average molecular weight is 338 g/mol. The molecule has 0 radical (unpaired) electrons. The standard InChI is InChI=1S/C20H26N4O/c1-17-6-5-7-18(16-17)19(22-25-2)9-11-23-12-14-24(15-13-23)20-8-3-4-10-21-20/h3-8,10,16H,9,11-15H2,1-2H3/b22-19+. The summed E-state index contributed by atoms with van der Waals surface area (Å²) in [4.78, 5) is 14.3. The predicted octanol–water partition coefficient (Wildman–Crippen LogP) is 2.95. The van der Waals surface area contributed by atoms with E-state index in [4.69, 9.17) is 4.84 Å². The molecular formula is C20H26N4O. The van der Waals surface area contributed by atoms with Crippen LogP contribution in [-0.2, 0) is 4.84 Å². The SMILES string of the molecule is CO/N=C(\CCN1CCN(c2ccccn2)CC1)c1cccc(C)c1. The first kappa shape index (κ1) is 17.4. The van der Waals surface area contributed by atoms with Gasteiger partial charge >= 0.3 is 0 Å². The fourth-order valence-corrected chi connectivity index (χ4v) is 3.18. The van der Waals surface area contributed by atoms with E-state index in [2.05, 4.69) is 57.2 Å². The molecule has 0 spiro atoms. The minimum Gasteiger partial charge on any atom is -0.399 e. The van der Waals surface area contributed by atoms with Gasteiger partial charge in [-0.25, -0.2) is 4.98 Å². The average Bonchev–Trinajstić information content (AvgIpc) is 2.66. The lowest BCUT2D eigenvalue weighted by molar-refractivity contribution is 0.211. The van der Waals surface area contributed by atoms with Crippen LogP contribution in [-0.4, -0.2) is 55.4 Å². The van der Waals surface area contributed by atoms with E-state index < -0.39 is 0 Å². The third-order valence-electron chi connectivity index (χ3n) is 4.56. The number of nitrogens with zero attached hydrogens (tertiary/aromatic N) is 4. The summed E-state index contributed by atoms with van der Waals surface area (Å²) in [6.45, 7) is 7.21. The number of aromatic nitrogens is 1. The second-order valence-electron chi connectivity index (χ2n) is 6.36. The lowest BCUT2D eigenvalue weighted by atomic mass is 10.0. The molecule has 25 heavy (non-hydrogen) atoms. The van der Waals surface area contributed by atoms with Gasteiger partial charge in [-0.15, -0.1) is 0 Å². The maximum absolute atomic E-state index is 5.07. The summed E-state index contributed by atoms with van der Waals surface area (Å²) >= 11 is 0. The van der Waals surface area contributed by atoms with Gasteiger partial charge in [-0.3, -0.25) is 4.90 Å². The highest BCUT2D eigenvalue weighted by Gasteiger charge is 2.18. The predicted molar refractivity (Wildman–Crippen MR) is 102 cm³/mol. The Bertz CT molecular complexity index is 694. The Morgan fingerprint density at radius 1 is 1.12 bits per heavy atom. The van der Waals surface area contributed by atoms with E-state index in [1.165, 1.54) is 5.56 Å². The van der Waals surface area contributed by atoms with E-state index in [0.717, 1.165) is 56.2 Å². The van der Waals surface area contributed by atoms with E-state index in [1.807, 2.05) is 18.3 Å². The van der Waals surface area contributed by atoms with Crippen molar-refractivity contribution in [1.29, 1.82) is 0 Å². The van der Waals surface area contributed by atoms with Crippen molar-refractivity contribution >= 4 is 11.5 Å². The normalized spacial score (nSPS) is 16.1. The van der Waals surface area contributed by atoms with Crippen molar-refractivity contribution in [3.63, 3.8) is 0 Å². The third kappa shape index (κ3) is 4.79. The molecule has 5 nitrogen and oxygen atoms in total. The molecule has 0 amide bonds. The quantitative estimate of drug-likeness (QED) is 0.600. The summed E-state index contributed by atoms with van der Waals surface area (Å²) in [5.41, 5.74) is 3.40. The van der Waals surface area contributed by atoms with Gasteiger partial charge in [0.05, 0.1) is 5.71 Å². The second-order valence-corrected chi connectivity index (χ2v) is 6.36. The Balaban J connectivity index is 1.54. The molecule has 1 saturated heterocycles. The van der Waals surface area contributed by atoms with E-state index in [1.54, 1.807) is 7.11 Å². The van der Waals surface area contributed by atoms with Gasteiger partial charge in [0, 0.05) is 45.3 Å². The van der Waals surface area contributed by atoms with Crippen LogP contribution in [0.3, 0.4) is 0 Å². The molecule has 1 aromatic carbocycles. The monoisotopic (exact) mass is 338 g/mol. The Morgan fingerprint density at radius 3 is 2.64 bits per heavy atom. The van der Waals surface area contributed by atoms with Gasteiger partial charge in [0.2, 0.25) is 0 Å². The third-order valence-corrected chi connectivity index (χ3v) is 4.56. The van der Waals surface area contributed by atoms with Gasteiger partial charge in [-0.1, -0.05) is 41.1 Å². The van der Waals surface area contributed by atoms with Gasteiger partial charge in [0.25, 0.3) is 0 Å². The summed E-state index contributed by atoms with van der Waals surface area (Å²) in [5.74, 6) is 1.07. The van der Waals surface area contributed by atoms with Gasteiger partial charge < -0.3 is 9.74 Å². The number of hydrogen-bond acceptors (Lipinski definition) is 5.